The van der Waals surface area contributed by atoms with E-state index in [-0.39, 0.29) is 11.8 Å². The van der Waals surface area contributed by atoms with Gasteiger partial charge in [0.1, 0.15) is 5.75 Å². The summed E-state index contributed by atoms with van der Waals surface area (Å²) in [6.45, 7) is 7.38. The van der Waals surface area contributed by atoms with Crippen molar-refractivity contribution >= 4 is 51.2 Å². The molecular weight excluding hydrogens is 602 g/mol. The first-order valence-corrected chi connectivity index (χ1v) is 13.0. The quantitative estimate of drug-likeness (QED) is 0.270. The molecule has 0 saturated heterocycles. The van der Waals surface area contributed by atoms with Crippen LogP contribution in [0.5, 0.6) is 5.75 Å². The Morgan fingerprint density at radius 2 is 1.80 bits per heavy atom. The summed E-state index contributed by atoms with van der Waals surface area (Å²) in [5, 5.41) is 8.90. The van der Waals surface area contributed by atoms with Gasteiger partial charge in [-0.3, -0.25) is 4.79 Å². The van der Waals surface area contributed by atoms with Crippen LogP contribution in [-0.2, 0) is 16.6 Å². The zero-order valence-electron chi connectivity index (χ0n) is 17.8. The summed E-state index contributed by atoms with van der Waals surface area (Å²) in [5.74, 6) is 1.11. The highest BCUT2D eigenvalue weighted by molar-refractivity contribution is 14.1. The molecule has 1 saturated carbocycles. The van der Waals surface area contributed by atoms with Gasteiger partial charge in [0.25, 0.3) is 0 Å². The minimum atomic E-state index is -0.748. The van der Waals surface area contributed by atoms with Gasteiger partial charge in [0.05, 0.1) is 6.61 Å². The van der Waals surface area contributed by atoms with Crippen LogP contribution in [0.4, 0.5) is 0 Å². The lowest BCUT2D eigenvalue weighted by molar-refractivity contribution is -0.136. The van der Waals surface area contributed by atoms with Crippen LogP contribution in [0, 0.1) is 5.92 Å². The van der Waals surface area contributed by atoms with Gasteiger partial charge in [-0.05, 0) is 47.1 Å². The second-order valence-electron chi connectivity index (χ2n) is 9.18. The summed E-state index contributed by atoms with van der Waals surface area (Å²) >= 11 is 5.18. The first-order chi connectivity index (χ1) is 14.1. The second-order valence-corrected chi connectivity index (χ2v) is 12.4. The standard InChI is InChI=1S/C25H30I2O3/c1-25(2,3)18-5-4-6-19(13-18)30-15-20-21(26)14-22(27)24(20)17-10-7-16(8-11-17)9-12-23(28)29/h4-8,10-11,13,20-22,24H,9,12,14-15H2,1-3H3,(H,28,29)/t20-,21?,22?,24+/m0/s1. The van der Waals surface area contributed by atoms with Crippen LogP contribution in [0.2, 0.25) is 0 Å². The molecule has 162 valence electrons. The maximum Gasteiger partial charge on any atom is 0.303 e. The van der Waals surface area contributed by atoms with Crippen molar-refractivity contribution in [2.24, 2.45) is 5.92 Å². The Kier molecular flexibility index (Phi) is 8.09. The number of benzene rings is 2. The fraction of sp³-hybridized carbons (Fsp3) is 0.480. The zero-order valence-corrected chi connectivity index (χ0v) is 22.1. The van der Waals surface area contributed by atoms with E-state index in [2.05, 4.69) is 114 Å². The number of rotatable bonds is 7. The molecule has 0 radical (unpaired) electrons. The molecule has 0 bridgehead atoms. The first kappa shape index (κ1) is 23.8. The summed E-state index contributed by atoms with van der Waals surface area (Å²) in [4.78, 5) is 10.8. The molecule has 5 heteroatoms. The van der Waals surface area contributed by atoms with Gasteiger partial charge in [-0.1, -0.05) is 102 Å². The monoisotopic (exact) mass is 632 g/mol. The summed E-state index contributed by atoms with van der Waals surface area (Å²) in [6, 6.07) is 17.0. The maximum atomic E-state index is 10.8. The Morgan fingerprint density at radius 1 is 1.10 bits per heavy atom. The average Bonchev–Trinajstić information content (AvgIpc) is 2.97. The number of hydrogen-bond donors (Lipinski definition) is 1. The Balaban J connectivity index is 1.71. The molecule has 1 N–H and O–H groups in total. The van der Waals surface area contributed by atoms with E-state index < -0.39 is 5.97 Å². The van der Waals surface area contributed by atoms with Crippen molar-refractivity contribution in [1.82, 2.24) is 0 Å². The Hall–Kier alpha value is -0.830. The number of aliphatic carboxylic acids is 1. The van der Waals surface area contributed by atoms with E-state index in [4.69, 9.17) is 9.84 Å². The van der Waals surface area contributed by atoms with Crippen molar-refractivity contribution in [1.29, 1.82) is 0 Å². The molecule has 4 atom stereocenters. The number of halogens is 2. The van der Waals surface area contributed by atoms with Crippen LogP contribution in [0.3, 0.4) is 0 Å². The van der Waals surface area contributed by atoms with Crippen LogP contribution in [0.1, 0.15) is 56.2 Å². The molecule has 0 amide bonds. The van der Waals surface area contributed by atoms with Crippen molar-refractivity contribution in [3.8, 4) is 5.75 Å². The molecule has 2 aromatic carbocycles. The van der Waals surface area contributed by atoms with E-state index in [0.717, 1.165) is 11.3 Å². The molecule has 1 fully saturated rings. The Labute approximate surface area is 207 Å². The molecule has 3 nitrogen and oxygen atoms in total. The highest BCUT2D eigenvalue weighted by Crippen LogP contribution is 2.47. The van der Waals surface area contributed by atoms with E-state index in [9.17, 15) is 4.79 Å². The van der Waals surface area contributed by atoms with E-state index in [1.807, 2.05) is 0 Å². The van der Waals surface area contributed by atoms with Crippen LogP contribution in [0.25, 0.3) is 0 Å². The lowest BCUT2D eigenvalue weighted by atomic mass is 9.87. The van der Waals surface area contributed by atoms with Crippen LogP contribution in [-0.4, -0.2) is 25.5 Å². The van der Waals surface area contributed by atoms with Gasteiger partial charge >= 0.3 is 5.97 Å². The number of aryl methyl sites for hydroxylation is 1. The predicted octanol–water partition coefficient (Wildman–Crippen LogP) is 6.79. The zero-order chi connectivity index (χ0) is 21.9. The summed E-state index contributed by atoms with van der Waals surface area (Å²) < 4.78 is 7.46. The highest BCUT2D eigenvalue weighted by atomic mass is 127. The van der Waals surface area contributed by atoms with Crippen molar-refractivity contribution in [3.63, 3.8) is 0 Å². The molecule has 1 aliphatic carbocycles. The predicted molar refractivity (Wildman–Crippen MR) is 139 cm³/mol. The van der Waals surface area contributed by atoms with Crippen molar-refractivity contribution in [2.45, 2.75) is 59.2 Å². The van der Waals surface area contributed by atoms with Gasteiger partial charge < -0.3 is 9.84 Å². The molecule has 0 aliphatic heterocycles. The third-order valence-electron chi connectivity index (χ3n) is 5.90. The number of carboxylic acids is 1. The van der Waals surface area contributed by atoms with Crippen molar-refractivity contribution < 1.29 is 14.6 Å². The number of ether oxygens (including phenoxy) is 1. The third kappa shape index (κ3) is 6.11. The van der Waals surface area contributed by atoms with Crippen molar-refractivity contribution in [3.05, 3.63) is 65.2 Å². The SMILES string of the molecule is CC(C)(C)c1cccc(OC[C@H]2C(I)CC(I)[C@@H]2c2ccc(CCC(=O)O)cc2)c1. The fourth-order valence-electron chi connectivity index (χ4n) is 4.10. The molecule has 30 heavy (non-hydrogen) atoms. The normalized spacial score (nSPS) is 24.0. The summed E-state index contributed by atoms with van der Waals surface area (Å²) in [5.41, 5.74) is 3.82. The smallest absolute Gasteiger partial charge is 0.303 e. The highest BCUT2D eigenvalue weighted by Gasteiger charge is 2.42. The number of hydrogen-bond acceptors (Lipinski definition) is 2. The van der Waals surface area contributed by atoms with Gasteiger partial charge in [0.2, 0.25) is 0 Å². The number of carboxylic acid groups (broad SMARTS) is 1. The van der Waals surface area contributed by atoms with Crippen LogP contribution < -0.4 is 4.74 Å². The van der Waals surface area contributed by atoms with Gasteiger partial charge in [-0.15, -0.1) is 0 Å². The molecule has 0 spiro atoms. The number of carbonyl (C=O) groups is 1. The summed E-state index contributed by atoms with van der Waals surface area (Å²) in [6.07, 6.45) is 1.94. The molecule has 1 aliphatic rings. The average molecular weight is 632 g/mol. The topological polar surface area (TPSA) is 46.5 Å². The Morgan fingerprint density at radius 3 is 2.43 bits per heavy atom. The molecule has 0 heterocycles. The molecule has 2 unspecified atom stereocenters. The lowest BCUT2D eigenvalue weighted by Crippen LogP contribution is -2.23. The van der Waals surface area contributed by atoms with E-state index in [1.54, 1.807) is 0 Å². The second kappa shape index (κ2) is 10.2. The maximum absolute atomic E-state index is 10.8. The van der Waals surface area contributed by atoms with Gasteiger partial charge in [-0.2, -0.15) is 0 Å². The van der Waals surface area contributed by atoms with Gasteiger partial charge in [0, 0.05) is 26.1 Å². The van der Waals surface area contributed by atoms with Gasteiger partial charge in [0.15, 0.2) is 0 Å². The minimum absolute atomic E-state index is 0.108. The Bertz CT molecular complexity index is 857. The van der Waals surface area contributed by atoms with E-state index in [0.29, 0.717) is 32.7 Å². The third-order valence-corrected chi connectivity index (χ3v) is 8.62. The van der Waals surface area contributed by atoms with E-state index >= 15 is 0 Å². The van der Waals surface area contributed by atoms with Crippen LogP contribution >= 0.6 is 45.2 Å². The number of alkyl halides is 2. The molecule has 2 aromatic rings. The first-order valence-electron chi connectivity index (χ1n) is 10.5. The fourth-order valence-corrected chi connectivity index (χ4v) is 7.77. The summed E-state index contributed by atoms with van der Waals surface area (Å²) in [7, 11) is 0. The van der Waals surface area contributed by atoms with Gasteiger partial charge in [-0.25, -0.2) is 0 Å². The molecule has 3 rings (SSSR count). The molecular formula is C25H30I2O3. The lowest BCUT2D eigenvalue weighted by Gasteiger charge is -2.25. The molecule has 0 aromatic heterocycles. The van der Waals surface area contributed by atoms with E-state index in [1.165, 1.54) is 17.5 Å². The van der Waals surface area contributed by atoms with Crippen LogP contribution in [0.15, 0.2) is 48.5 Å². The largest absolute Gasteiger partial charge is 0.493 e. The van der Waals surface area contributed by atoms with Crippen molar-refractivity contribution in [2.75, 3.05) is 6.61 Å². The minimum Gasteiger partial charge on any atom is -0.493 e.